The second kappa shape index (κ2) is 7.56. The van der Waals surface area contributed by atoms with Crippen molar-refractivity contribution >= 4 is 8.24 Å². The zero-order valence-corrected chi connectivity index (χ0v) is 19.2. The fourth-order valence-corrected chi connectivity index (χ4v) is 11.3. The van der Waals surface area contributed by atoms with E-state index in [1.807, 2.05) is 0 Å². The minimum absolute atomic E-state index is 0.843. The van der Waals surface area contributed by atoms with Crippen molar-refractivity contribution in [2.24, 2.45) is 23.7 Å². The Morgan fingerprint density at radius 3 is 2.25 bits per heavy atom. The van der Waals surface area contributed by atoms with Crippen LogP contribution in [0.2, 0.25) is 18.6 Å². The summed E-state index contributed by atoms with van der Waals surface area (Å²) in [7, 11) is 0.812. The first kappa shape index (κ1) is 19.3. The van der Waals surface area contributed by atoms with Crippen molar-refractivity contribution < 1.29 is 0 Å². The number of rotatable bonds is 4. The highest BCUT2D eigenvalue weighted by Gasteiger charge is 2.64. The Morgan fingerprint density at radius 2 is 1.54 bits per heavy atom. The maximum Gasteiger partial charge on any atom is 0.124 e. The second-order valence-corrected chi connectivity index (χ2v) is 15.5. The Balaban J connectivity index is 1.55. The molecular formula is C25H40N2Si. The Kier molecular flexibility index (Phi) is 5.22. The summed E-state index contributed by atoms with van der Waals surface area (Å²) in [5, 5.41) is 0. The summed E-state index contributed by atoms with van der Waals surface area (Å²) >= 11 is 0. The van der Waals surface area contributed by atoms with Crippen LogP contribution in [0.25, 0.3) is 0 Å². The maximum absolute atomic E-state index is 3.91. The molecule has 0 aromatic heterocycles. The molecule has 3 saturated carbocycles. The zero-order valence-electron chi connectivity index (χ0n) is 18.2. The van der Waals surface area contributed by atoms with Gasteiger partial charge < -0.3 is 4.98 Å². The average molecular weight is 397 g/mol. The zero-order chi connectivity index (χ0) is 19.3. The monoisotopic (exact) mass is 396 g/mol. The summed E-state index contributed by atoms with van der Waals surface area (Å²) in [6, 6.07) is 13.1. The van der Waals surface area contributed by atoms with E-state index in [0.29, 0.717) is 0 Å². The van der Waals surface area contributed by atoms with Crippen molar-refractivity contribution in [3.05, 3.63) is 35.9 Å². The molecule has 4 fully saturated rings. The molecular weight excluding hydrogens is 356 g/mol. The molecule has 154 valence electrons. The Hall–Kier alpha value is -0.643. The molecule has 5 rings (SSSR count). The predicted octanol–water partition coefficient (Wildman–Crippen LogP) is 5.66. The van der Waals surface area contributed by atoms with E-state index < -0.39 is 8.24 Å². The molecule has 1 aliphatic heterocycles. The normalized spacial score (nSPS) is 40.8. The van der Waals surface area contributed by atoms with Crippen LogP contribution in [0, 0.1) is 23.7 Å². The van der Waals surface area contributed by atoms with Gasteiger partial charge in [0.1, 0.15) is 8.24 Å². The fraction of sp³-hybridized carbons (Fsp3) is 0.760. The van der Waals surface area contributed by atoms with Gasteiger partial charge in [0.2, 0.25) is 0 Å². The molecule has 3 heteroatoms. The second-order valence-electron chi connectivity index (χ2n) is 10.9. The predicted molar refractivity (Wildman–Crippen MR) is 121 cm³/mol. The molecule has 1 aromatic rings. The molecule has 1 saturated heterocycles. The minimum atomic E-state index is -1.45. The standard InChI is InChI=1S/C25H40N2Si/c1-26-28(2,3)25-20-14-8-7-13-19(20)23-21-15-9-10-16-22(21)27(24(23)25)17-18-11-5-4-6-12-18/h4-6,11-12,19-26H,7-10,13-17H2,1-3H3. The van der Waals surface area contributed by atoms with E-state index in [4.69, 9.17) is 0 Å². The first-order valence-electron chi connectivity index (χ1n) is 12.1. The third-order valence-electron chi connectivity index (χ3n) is 9.36. The van der Waals surface area contributed by atoms with Gasteiger partial charge in [-0.25, -0.2) is 0 Å². The molecule has 1 heterocycles. The number of benzene rings is 1. The van der Waals surface area contributed by atoms with Crippen molar-refractivity contribution in [2.75, 3.05) is 7.05 Å². The first-order chi connectivity index (χ1) is 13.6. The molecule has 1 aromatic carbocycles. The Bertz CT molecular complexity index is 674. The van der Waals surface area contributed by atoms with Gasteiger partial charge in [-0.15, -0.1) is 0 Å². The van der Waals surface area contributed by atoms with Gasteiger partial charge in [0.05, 0.1) is 0 Å². The summed E-state index contributed by atoms with van der Waals surface area (Å²) in [4.78, 5) is 6.98. The van der Waals surface area contributed by atoms with Crippen LogP contribution < -0.4 is 4.98 Å². The van der Waals surface area contributed by atoms with Gasteiger partial charge in [-0.3, -0.25) is 4.90 Å². The number of likely N-dealkylation sites (tertiary alicyclic amines) is 1. The number of nitrogens with one attached hydrogen (secondary N) is 1. The molecule has 7 unspecified atom stereocenters. The smallest absolute Gasteiger partial charge is 0.124 e. The van der Waals surface area contributed by atoms with E-state index in [2.05, 4.69) is 60.4 Å². The van der Waals surface area contributed by atoms with Crippen molar-refractivity contribution in [1.82, 2.24) is 9.88 Å². The topological polar surface area (TPSA) is 15.3 Å². The lowest BCUT2D eigenvalue weighted by atomic mass is 9.70. The molecule has 7 atom stereocenters. The van der Waals surface area contributed by atoms with E-state index >= 15 is 0 Å². The SMILES string of the molecule is CN[Si](C)(C)C1C2CCCCC2C2C3CCCCC3N(Cc3ccccc3)C21. The van der Waals surface area contributed by atoms with Gasteiger partial charge in [0.15, 0.2) is 0 Å². The van der Waals surface area contributed by atoms with Crippen LogP contribution in [0.15, 0.2) is 30.3 Å². The van der Waals surface area contributed by atoms with Crippen LogP contribution in [-0.2, 0) is 6.54 Å². The minimum Gasteiger partial charge on any atom is -0.340 e. The third kappa shape index (κ3) is 3.04. The van der Waals surface area contributed by atoms with Gasteiger partial charge in [-0.2, -0.15) is 0 Å². The summed E-state index contributed by atoms with van der Waals surface area (Å²) in [6.45, 7) is 6.45. The van der Waals surface area contributed by atoms with Gasteiger partial charge in [0, 0.05) is 18.6 Å². The third-order valence-corrected chi connectivity index (χ3v) is 13.1. The van der Waals surface area contributed by atoms with Crippen LogP contribution >= 0.6 is 0 Å². The molecule has 1 N–H and O–H groups in total. The summed E-state index contributed by atoms with van der Waals surface area (Å²) in [5.41, 5.74) is 2.46. The molecule has 0 radical (unpaired) electrons. The van der Waals surface area contributed by atoms with Crippen molar-refractivity contribution in [3.8, 4) is 0 Å². The van der Waals surface area contributed by atoms with Crippen LogP contribution in [0.3, 0.4) is 0 Å². The highest BCUT2D eigenvalue weighted by Crippen LogP contribution is 2.64. The average Bonchev–Trinajstić information content (AvgIpc) is 3.23. The van der Waals surface area contributed by atoms with Crippen molar-refractivity contribution in [1.29, 1.82) is 0 Å². The largest absolute Gasteiger partial charge is 0.340 e. The quantitative estimate of drug-likeness (QED) is 0.661. The summed E-state index contributed by atoms with van der Waals surface area (Å²) < 4.78 is 0. The van der Waals surface area contributed by atoms with E-state index in [-0.39, 0.29) is 0 Å². The van der Waals surface area contributed by atoms with E-state index in [1.165, 1.54) is 63.5 Å². The van der Waals surface area contributed by atoms with E-state index in [1.54, 1.807) is 0 Å². The van der Waals surface area contributed by atoms with Crippen LogP contribution in [0.5, 0.6) is 0 Å². The molecule has 2 nitrogen and oxygen atoms in total. The van der Waals surface area contributed by atoms with Crippen LogP contribution in [0.1, 0.15) is 56.9 Å². The van der Waals surface area contributed by atoms with Crippen molar-refractivity contribution in [3.63, 3.8) is 0 Å². The maximum atomic E-state index is 3.91. The van der Waals surface area contributed by atoms with Crippen molar-refractivity contribution in [2.45, 2.75) is 88.6 Å². The molecule has 4 aliphatic rings. The Morgan fingerprint density at radius 1 is 0.893 bits per heavy atom. The Labute approximate surface area is 173 Å². The van der Waals surface area contributed by atoms with E-state index in [0.717, 1.165) is 41.3 Å². The first-order valence-corrected chi connectivity index (χ1v) is 15.2. The summed E-state index contributed by atoms with van der Waals surface area (Å²) in [5.74, 6) is 4.00. The van der Waals surface area contributed by atoms with Gasteiger partial charge in [0.25, 0.3) is 0 Å². The number of hydrogen-bond acceptors (Lipinski definition) is 2. The van der Waals surface area contributed by atoms with Crippen LogP contribution in [-0.4, -0.2) is 32.3 Å². The molecule has 0 amide bonds. The number of hydrogen-bond donors (Lipinski definition) is 1. The molecule has 28 heavy (non-hydrogen) atoms. The molecule has 0 spiro atoms. The highest BCUT2D eigenvalue weighted by molar-refractivity contribution is 6.76. The molecule has 3 aliphatic carbocycles. The molecule has 0 bridgehead atoms. The van der Waals surface area contributed by atoms with E-state index in [9.17, 15) is 0 Å². The van der Waals surface area contributed by atoms with Gasteiger partial charge in [-0.1, -0.05) is 75.5 Å². The van der Waals surface area contributed by atoms with Crippen LogP contribution in [0.4, 0.5) is 0 Å². The fourth-order valence-electron chi connectivity index (χ4n) is 8.22. The lowest BCUT2D eigenvalue weighted by Gasteiger charge is -2.44. The number of nitrogens with zero attached hydrogens (tertiary/aromatic N) is 1. The lowest BCUT2D eigenvalue weighted by Crippen LogP contribution is -2.55. The lowest BCUT2D eigenvalue weighted by molar-refractivity contribution is 0.116. The summed E-state index contributed by atoms with van der Waals surface area (Å²) in [6.07, 6.45) is 11.9. The van der Waals surface area contributed by atoms with Gasteiger partial charge >= 0.3 is 0 Å². The van der Waals surface area contributed by atoms with Gasteiger partial charge in [-0.05, 0) is 61.1 Å². The number of fused-ring (bicyclic) bond motifs is 5. The highest BCUT2D eigenvalue weighted by atomic mass is 28.3.